The van der Waals surface area contributed by atoms with Gasteiger partial charge in [-0.1, -0.05) is 32.6 Å². The molecule has 0 amide bonds. The molecule has 2 nitrogen and oxygen atoms in total. The molecule has 0 spiro atoms. The second-order valence-electron chi connectivity index (χ2n) is 5.29. The van der Waals surface area contributed by atoms with Gasteiger partial charge < -0.3 is 10.4 Å². The molecular formula is C13H27NO. The van der Waals surface area contributed by atoms with Gasteiger partial charge in [-0.05, 0) is 26.2 Å². The van der Waals surface area contributed by atoms with E-state index in [1.807, 2.05) is 0 Å². The highest BCUT2D eigenvalue weighted by atomic mass is 16.3. The van der Waals surface area contributed by atoms with Crippen molar-refractivity contribution in [2.24, 2.45) is 5.41 Å². The molecule has 1 rings (SSSR count). The van der Waals surface area contributed by atoms with Gasteiger partial charge in [0.2, 0.25) is 0 Å². The Morgan fingerprint density at radius 1 is 1.27 bits per heavy atom. The summed E-state index contributed by atoms with van der Waals surface area (Å²) in [6.07, 6.45) is 8.83. The Bertz CT molecular complexity index is 164. The van der Waals surface area contributed by atoms with Crippen LogP contribution in [0.4, 0.5) is 0 Å². The van der Waals surface area contributed by atoms with Crippen LogP contribution >= 0.6 is 0 Å². The van der Waals surface area contributed by atoms with Crippen LogP contribution < -0.4 is 5.32 Å². The van der Waals surface area contributed by atoms with Gasteiger partial charge in [0.25, 0.3) is 0 Å². The van der Waals surface area contributed by atoms with Crippen LogP contribution in [-0.4, -0.2) is 24.3 Å². The monoisotopic (exact) mass is 213 g/mol. The fourth-order valence-corrected chi connectivity index (χ4v) is 2.62. The first-order valence-corrected chi connectivity index (χ1v) is 6.57. The highest BCUT2D eigenvalue weighted by Crippen LogP contribution is 2.35. The maximum absolute atomic E-state index is 9.54. The van der Waals surface area contributed by atoms with Gasteiger partial charge in [-0.3, -0.25) is 0 Å². The van der Waals surface area contributed by atoms with Crippen LogP contribution in [-0.2, 0) is 0 Å². The van der Waals surface area contributed by atoms with Gasteiger partial charge in [-0.15, -0.1) is 0 Å². The van der Waals surface area contributed by atoms with E-state index in [0.717, 1.165) is 6.54 Å². The lowest BCUT2D eigenvalue weighted by Crippen LogP contribution is -2.42. The predicted molar refractivity (Wildman–Crippen MR) is 65.0 cm³/mol. The van der Waals surface area contributed by atoms with Crippen molar-refractivity contribution in [3.05, 3.63) is 0 Å². The van der Waals surface area contributed by atoms with Crippen molar-refractivity contribution in [3.8, 4) is 0 Å². The highest BCUT2D eigenvalue weighted by Gasteiger charge is 2.31. The molecule has 1 aliphatic rings. The molecule has 1 atom stereocenters. The quantitative estimate of drug-likeness (QED) is 0.711. The van der Waals surface area contributed by atoms with Crippen LogP contribution in [0.3, 0.4) is 0 Å². The second-order valence-corrected chi connectivity index (χ2v) is 5.29. The van der Waals surface area contributed by atoms with E-state index in [0.29, 0.717) is 12.6 Å². The van der Waals surface area contributed by atoms with E-state index in [4.69, 9.17) is 0 Å². The lowest BCUT2D eigenvalue weighted by molar-refractivity contribution is 0.0785. The molecule has 2 N–H and O–H groups in total. The first-order chi connectivity index (χ1) is 7.22. The summed E-state index contributed by atoms with van der Waals surface area (Å²) in [5, 5.41) is 13.1. The minimum atomic E-state index is 0.195. The van der Waals surface area contributed by atoms with Gasteiger partial charge >= 0.3 is 0 Å². The van der Waals surface area contributed by atoms with Gasteiger partial charge in [-0.25, -0.2) is 0 Å². The fraction of sp³-hybridized carbons (Fsp3) is 1.00. The third-order valence-corrected chi connectivity index (χ3v) is 3.80. The van der Waals surface area contributed by atoms with Crippen molar-refractivity contribution in [2.75, 3.05) is 13.2 Å². The largest absolute Gasteiger partial charge is 0.396 e. The van der Waals surface area contributed by atoms with E-state index in [9.17, 15) is 5.11 Å². The van der Waals surface area contributed by atoms with Crippen LogP contribution in [0.1, 0.15) is 58.8 Å². The number of hydrogen-bond donors (Lipinski definition) is 2. The minimum Gasteiger partial charge on any atom is -0.396 e. The topological polar surface area (TPSA) is 32.3 Å². The zero-order valence-electron chi connectivity index (χ0n) is 10.4. The number of rotatable bonds is 6. The Morgan fingerprint density at radius 2 is 1.93 bits per heavy atom. The zero-order valence-corrected chi connectivity index (χ0v) is 10.4. The summed E-state index contributed by atoms with van der Waals surface area (Å²) in [7, 11) is 0. The Hall–Kier alpha value is -0.0800. The van der Waals surface area contributed by atoms with Crippen LogP contribution in [0, 0.1) is 5.41 Å². The summed E-state index contributed by atoms with van der Waals surface area (Å²) < 4.78 is 0. The fourth-order valence-electron chi connectivity index (χ4n) is 2.62. The van der Waals surface area contributed by atoms with Crippen molar-refractivity contribution >= 4 is 0 Å². The second kappa shape index (κ2) is 6.49. The molecule has 1 unspecified atom stereocenters. The molecule has 0 heterocycles. The molecule has 0 aromatic carbocycles. The van der Waals surface area contributed by atoms with Crippen molar-refractivity contribution in [2.45, 2.75) is 64.8 Å². The maximum Gasteiger partial charge on any atom is 0.0499 e. The molecule has 1 fully saturated rings. The lowest BCUT2D eigenvalue weighted by atomic mass is 9.74. The molecule has 2 heteroatoms. The van der Waals surface area contributed by atoms with Gasteiger partial charge in [0.05, 0.1) is 0 Å². The smallest absolute Gasteiger partial charge is 0.0499 e. The van der Waals surface area contributed by atoms with E-state index >= 15 is 0 Å². The van der Waals surface area contributed by atoms with Gasteiger partial charge in [0, 0.05) is 24.6 Å². The molecule has 15 heavy (non-hydrogen) atoms. The molecule has 0 bridgehead atoms. The van der Waals surface area contributed by atoms with Gasteiger partial charge in [0.1, 0.15) is 0 Å². The van der Waals surface area contributed by atoms with Crippen molar-refractivity contribution in [3.63, 3.8) is 0 Å². The molecule has 0 aromatic rings. The molecule has 90 valence electrons. The number of aliphatic hydroxyl groups excluding tert-OH is 1. The molecule has 0 saturated heterocycles. The minimum absolute atomic E-state index is 0.195. The molecule has 0 radical (unpaired) electrons. The highest BCUT2D eigenvalue weighted by molar-refractivity contribution is 4.85. The Kier molecular flexibility index (Phi) is 5.62. The average molecular weight is 213 g/mol. The van der Waals surface area contributed by atoms with E-state index in [2.05, 4.69) is 19.2 Å². The van der Waals surface area contributed by atoms with Crippen molar-refractivity contribution in [1.29, 1.82) is 0 Å². The van der Waals surface area contributed by atoms with Crippen molar-refractivity contribution in [1.82, 2.24) is 5.32 Å². The molecule has 0 aliphatic heterocycles. The SMILES string of the molecule is CCCC(C)NCC1(CO)CCCCC1. The number of nitrogens with one attached hydrogen (secondary N) is 1. The van der Waals surface area contributed by atoms with E-state index in [1.54, 1.807) is 0 Å². The summed E-state index contributed by atoms with van der Waals surface area (Å²) in [5.74, 6) is 0. The molecule has 1 aliphatic carbocycles. The average Bonchev–Trinajstić information content (AvgIpc) is 2.28. The van der Waals surface area contributed by atoms with Gasteiger partial charge in [0.15, 0.2) is 0 Å². The predicted octanol–water partition coefficient (Wildman–Crippen LogP) is 2.71. The summed E-state index contributed by atoms with van der Waals surface area (Å²) in [4.78, 5) is 0. The first kappa shape index (κ1) is 13.0. The standard InChI is InChI=1S/C13H27NO/c1-3-7-12(2)14-10-13(11-15)8-5-4-6-9-13/h12,14-15H,3-11H2,1-2H3. The first-order valence-electron chi connectivity index (χ1n) is 6.57. The van der Waals surface area contributed by atoms with Crippen LogP contribution in [0.15, 0.2) is 0 Å². The number of aliphatic hydroxyl groups is 1. The maximum atomic E-state index is 9.54. The van der Waals surface area contributed by atoms with Crippen LogP contribution in [0.5, 0.6) is 0 Å². The normalized spacial score (nSPS) is 22.6. The summed E-state index contributed by atoms with van der Waals surface area (Å²) in [6.45, 7) is 5.83. The molecular weight excluding hydrogens is 186 g/mol. The van der Waals surface area contributed by atoms with E-state index < -0.39 is 0 Å². The molecule has 0 aromatic heterocycles. The van der Waals surface area contributed by atoms with Crippen molar-refractivity contribution < 1.29 is 5.11 Å². The zero-order chi connectivity index (χ0) is 11.1. The third kappa shape index (κ3) is 4.12. The van der Waals surface area contributed by atoms with E-state index in [-0.39, 0.29) is 5.41 Å². The molecule has 1 saturated carbocycles. The lowest BCUT2D eigenvalue weighted by Gasteiger charge is -2.36. The van der Waals surface area contributed by atoms with Gasteiger partial charge in [-0.2, -0.15) is 0 Å². The Balaban J connectivity index is 2.32. The number of hydrogen-bond acceptors (Lipinski definition) is 2. The Labute approximate surface area is 94.5 Å². The van der Waals surface area contributed by atoms with Crippen LogP contribution in [0.2, 0.25) is 0 Å². The summed E-state index contributed by atoms with van der Waals surface area (Å²) in [6, 6.07) is 0.598. The van der Waals surface area contributed by atoms with E-state index in [1.165, 1.54) is 44.9 Å². The summed E-state index contributed by atoms with van der Waals surface area (Å²) >= 11 is 0. The summed E-state index contributed by atoms with van der Waals surface area (Å²) in [5.41, 5.74) is 0.195. The Morgan fingerprint density at radius 3 is 2.47 bits per heavy atom. The third-order valence-electron chi connectivity index (χ3n) is 3.80. The van der Waals surface area contributed by atoms with Crippen LogP contribution in [0.25, 0.3) is 0 Å².